The third-order valence-corrected chi connectivity index (χ3v) is 6.65. The molecule has 2 aromatic carbocycles. The lowest BCUT2D eigenvalue weighted by molar-refractivity contribution is -0.133. The zero-order chi connectivity index (χ0) is 21.8. The second-order valence-electron chi connectivity index (χ2n) is 9.04. The number of likely N-dealkylation sites (tertiary alicyclic amines) is 1. The Kier molecular flexibility index (Phi) is 6.18. The van der Waals surface area contributed by atoms with Gasteiger partial charge in [0, 0.05) is 45.4 Å². The lowest BCUT2D eigenvalue weighted by Crippen LogP contribution is -2.50. The maximum absolute atomic E-state index is 12.1. The third-order valence-electron chi connectivity index (χ3n) is 6.65. The molecular weight excluding hydrogens is 386 g/mol. The molecule has 0 aliphatic carbocycles. The van der Waals surface area contributed by atoms with Crippen LogP contribution in [0.4, 0.5) is 5.69 Å². The predicted molar refractivity (Wildman–Crippen MR) is 122 cm³/mol. The van der Waals surface area contributed by atoms with Crippen molar-refractivity contribution in [3.63, 3.8) is 0 Å². The Balaban J connectivity index is 1.50. The quantitative estimate of drug-likeness (QED) is 0.712. The molecule has 2 aromatic rings. The van der Waals surface area contributed by atoms with Gasteiger partial charge in [0.05, 0.1) is 11.8 Å². The lowest BCUT2D eigenvalue weighted by atomic mass is 9.87. The van der Waals surface area contributed by atoms with E-state index in [0.29, 0.717) is 19.0 Å². The maximum Gasteiger partial charge on any atom is 0.236 e. The van der Waals surface area contributed by atoms with E-state index in [1.165, 1.54) is 11.1 Å². The van der Waals surface area contributed by atoms with Crippen LogP contribution < -0.4 is 9.64 Å². The molecule has 31 heavy (non-hydrogen) atoms. The number of para-hydroxylation sites is 2. The van der Waals surface area contributed by atoms with E-state index in [1.54, 1.807) is 0 Å². The highest BCUT2D eigenvalue weighted by Gasteiger charge is 2.40. The van der Waals surface area contributed by atoms with E-state index in [0.717, 1.165) is 43.8 Å². The van der Waals surface area contributed by atoms with Crippen LogP contribution >= 0.6 is 0 Å². The van der Waals surface area contributed by atoms with Gasteiger partial charge in [-0.25, -0.2) is 0 Å². The largest absolute Gasteiger partial charge is 0.485 e. The SMILES string of the molecule is CC(C)c1ccc(CN2CCC3(CCN(C(=O)CC#N)CC3)Oc3ccccc32)cc1. The van der Waals surface area contributed by atoms with Crippen molar-refractivity contribution < 1.29 is 9.53 Å². The van der Waals surface area contributed by atoms with Gasteiger partial charge in [0.2, 0.25) is 5.91 Å². The Bertz CT molecular complexity index is 953. The Morgan fingerprint density at radius 2 is 1.74 bits per heavy atom. The van der Waals surface area contributed by atoms with Crippen molar-refractivity contribution in [2.45, 2.75) is 57.6 Å². The second-order valence-corrected chi connectivity index (χ2v) is 9.04. The summed E-state index contributed by atoms with van der Waals surface area (Å²) in [6, 6.07) is 19.2. The van der Waals surface area contributed by atoms with E-state index in [-0.39, 0.29) is 17.9 Å². The molecule has 0 saturated carbocycles. The molecule has 1 fully saturated rings. The molecule has 0 bridgehead atoms. The topological polar surface area (TPSA) is 56.6 Å². The summed E-state index contributed by atoms with van der Waals surface area (Å²) in [5.74, 6) is 1.39. The Labute approximate surface area is 185 Å². The van der Waals surface area contributed by atoms with Crippen LogP contribution in [0.5, 0.6) is 5.75 Å². The average Bonchev–Trinajstić information content (AvgIpc) is 2.92. The van der Waals surface area contributed by atoms with Crippen molar-refractivity contribution in [2.24, 2.45) is 0 Å². The van der Waals surface area contributed by atoms with Crippen LogP contribution in [0.2, 0.25) is 0 Å². The number of amides is 1. The number of benzene rings is 2. The number of nitrogens with zero attached hydrogens (tertiary/aromatic N) is 3. The first-order valence-corrected chi connectivity index (χ1v) is 11.3. The minimum Gasteiger partial charge on any atom is -0.485 e. The molecule has 1 amide bonds. The van der Waals surface area contributed by atoms with Gasteiger partial charge in [-0.1, -0.05) is 50.2 Å². The molecule has 1 spiro atoms. The van der Waals surface area contributed by atoms with Crippen LogP contribution in [0.3, 0.4) is 0 Å². The van der Waals surface area contributed by atoms with Gasteiger partial charge in [0.1, 0.15) is 17.8 Å². The summed E-state index contributed by atoms with van der Waals surface area (Å²) in [5.41, 5.74) is 3.54. The van der Waals surface area contributed by atoms with Crippen molar-refractivity contribution in [3.05, 3.63) is 59.7 Å². The number of rotatable bonds is 4. The molecule has 5 nitrogen and oxygen atoms in total. The summed E-state index contributed by atoms with van der Waals surface area (Å²) in [5, 5.41) is 8.82. The van der Waals surface area contributed by atoms with Gasteiger partial charge < -0.3 is 14.5 Å². The molecule has 2 aliphatic rings. The highest BCUT2D eigenvalue weighted by Crippen LogP contribution is 2.41. The van der Waals surface area contributed by atoms with Gasteiger partial charge in [0.25, 0.3) is 0 Å². The average molecular weight is 418 g/mol. The first-order chi connectivity index (χ1) is 15.0. The molecule has 0 N–H and O–H groups in total. The molecule has 0 atom stereocenters. The van der Waals surface area contributed by atoms with Crippen molar-refractivity contribution in [1.29, 1.82) is 5.26 Å². The van der Waals surface area contributed by atoms with Gasteiger partial charge in [0.15, 0.2) is 0 Å². The van der Waals surface area contributed by atoms with E-state index in [1.807, 2.05) is 17.0 Å². The van der Waals surface area contributed by atoms with Crippen molar-refractivity contribution in [2.75, 3.05) is 24.5 Å². The fourth-order valence-corrected chi connectivity index (χ4v) is 4.64. The first kappa shape index (κ1) is 21.2. The number of carbonyl (C=O) groups excluding carboxylic acids is 1. The van der Waals surface area contributed by atoms with Crippen LogP contribution in [-0.4, -0.2) is 36.0 Å². The Hall–Kier alpha value is -3.00. The highest BCUT2D eigenvalue weighted by molar-refractivity contribution is 5.78. The summed E-state index contributed by atoms with van der Waals surface area (Å²) in [4.78, 5) is 16.3. The number of carbonyl (C=O) groups is 1. The number of anilines is 1. The van der Waals surface area contributed by atoms with Gasteiger partial charge in [-0.15, -0.1) is 0 Å². The van der Waals surface area contributed by atoms with Crippen LogP contribution in [0.25, 0.3) is 0 Å². The maximum atomic E-state index is 12.1. The standard InChI is InChI=1S/C26H31N3O2/c1-20(2)22-9-7-21(8-10-22)19-29-18-14-26(31-24-6-4-3-5-23(24)29)12-16-28(17-13-26)25(30)11-15-27/h3-10,20H,11-14,16-19H2,1-2H3. The highest BCUT2D eigenvalue weighted by atomic mass is 16.5. The summed E-state index contributed by atoms with van der Waals surface area (Å²) < 4.78 is 6.65. The third kappa shape index (κ3) is 4.69. The summed E-state index contributed by atoms with van der Waals surface area (Å²) in [6.45, 7) is 7.50. The first-order valence-electron chi connectivity index (χ1n) is 11.3. The Morgan fingerprint density at radius 1 is 1.06 bits per heavy atom. The van der Waals surface area contributed by atoms with Gasteiger partial charge in [-0.3, -0.25) is 4.79 Å². The Morgan fingerprint density at radius 3 is 2.42 bits per heavy atom. The number of ether oxygens (including phenoxy) is 1. The summed E-state index contributed by atoms with van der Waals surface area (Å²) in [7, 11) is 0. The molecular formula is C26H31N3O2. The zero-order valence-electron chi connectivity index (χ0n) is 18.5. The summed E-state index contributed by atoms with van der Waals surface area (Å²) >= 11 is 0. The zero-order valence-corrected chi connectivity index (χ0v) is 18.5. The molecule has 0 aromatic heterocycles. The number of nitriles is 1. The fraction of sp³-hybridized carbons (Fsp3) is 0.462. The van der Waals surface area contributed by atoms with Gasteiger partial charge >= 0.3 is 0 Å². The number of fused-ring (bicyclic) bond motifs is 1. The molecule has 5 heteroatoms. The van der Waals surface area contributed by atoms with Gasteiger partial charge in [-0.2, -0.15) is 5.26 Å². The van der Waals surface area contributed by atoms with E-state index in [4.69, 9.17) is 10.00 Å². The second kappa shape index (κ2) is 9.01. The van der Waals surface area contributed by atoms with E-state index < -0.39 is 0 Å². The number of piperidine rings is 1. The molecule has 2 aliphatic heterocycles. The molecule has 2 heterocycles. The van der Waals surface area contributed by atoms with E-state index in [9.17, 15) is 4.79 Å². The fourth-order valence-electron chi connectivity index (χ4n) is 4.64. The number of hydrogen-bond donors (Lipinski definition) is 0. The summed E-state index contributed by atoms with van der Waals surface area (Å²) in [6.07, 6.45) is 2.48. The minimum atomic E-state index is -0.254. The molecule has 1 saturated heterocycles. The van der Waals surface area contributed by atoms with E-state index >= 15 is 0 Å². The lowest BCUT2D eigenvalue weighted by Gasteiger charge is -2.41. The van der Waals surface area contributed by atoms with Crippen molar-refractivity contribution in [1.82, 2.24) is 4.90 Å². The van der Waals surface area contributed by atoms with Gasteiger partial charge in [-0.05, 0) is 29.2 Å². The van der Waals surface area contributed by atoms with E-state index in [2.05, 4.69) is 61.2 Å². The molecule has 0 unspecified atom stereocenters. The molecule has 4 rings (SSSR count). The van der Waals surface area contributed by atoms with Crippen molar-refractivity contribution in [3.8, 4) is 11.8 Å². The van der Waals surface area contributed by atoms with Crippen LogP contribution in [0.1, 0.15) is 56.6 Å². The number of hydrogen-bond acceptors (Lipinski definition) is 4. The molecule has 0 radical (unpaired) electrons. The normalized spacial score (nSPS) is 17.6. The van der Waals surface area contributed by atoms with Crippen molar-refractivity contribution >= 4 is 11.6 Å². The smallest absolute Gasteiger partial charge is 0.236 e. The predicted octanol–water partition coefficient (Wildman–Crippen LogP) is 4.87. The van der Waals surface area contributed by atoms with Crippen LogP contribution in [-0.2, 0) is 11.3 Å². The molecule has 162 valence electrons. The van der Waals surface area contributed by atoms with Crippen LogP contribution in [0, 0.1) is 11.3 Å². The van der Waals surface area contributed by atoms with Crippen LogP contribution in [0.15, 0.2) is 48.5 Å². The monoisotopic (exact) mass is 417 g/mol. The minimum absolute atomic E-state index is 0.0416.